The Morgan fingerprint density at radius 3 is 2.71 bits per heavy atom. The van der Waals surface area contributed by atoms with Gasteiger partial charge in [0.25, 0.3) is 0 Å². The normalized spacial score (nSPS) is 18.7. The maximum absolute atomic E-state index is 12.6. The van der Waals surface area contributed by atoms with Crippen molar-refractivity contribution in [3.63, 3.8) is 0 Å². The highest BCUT2D eigenvalue weighted by Gasteiger charge is 2.52. The first-order valence-corrected chi connectivity index (χ1v) is 8.48. The molecular weight excluding hydrogens is 286 g/mol. The Morgan fingerprint density at radius 2 is 2.14 bits per heavy atom. The van der Waals surface area contributed by atoms with Crippen LogP contribution in [0.2, 0.25) is 0 Å². The first-order valence-electron chi connectivity index (χ1n) is 7.08. The number of ether oxygens (including phenoxy) is 1. The van der Waals surface area contributed by atoms with Crippen LogP contribution in [0.15, 0.2) is 24.3 Å². The van der Waals surface area contributed by atoms with Crippen LogP contribution in [0.3, 0.4) is 0 Å². The summed E-state index contributed by atoms with van der Waals surface area (Å²) in [6.07, 6.45) is 3.58. The van der Waals surface area contributed by atoms with Gasteiger partial charge in [-0.2, -0.15) is 11.8 Å². The third-order valence-electron chi connectivity index (χ3n) is 3.89. The number of nitrogens with one attached hydrogen (secondary N) is 1. The van der Waals surface area contributed by atoms with E-state index < -0.39 is 11.0 Å². The predicted octanol–water partition coefficient (Wildman–Crippen LogP) is 1.96. The second-order valence-corrected chi connectivity index (χ2v) is 6.76. The molecule has 0 aromatic heterocycles. The molecule has 116 valence electrons. The summed E-state index contributed by atoms with van der Waals surface area (Å²) in [4.78, 5) is 12.6. The molecule has 1 saturated carbocycles. The van der Waals surface area contributed by atoms with E-state index in [0.29, 0.717) is 5.75 Å². The Kier molecular flexibility index (Phi) is 4.84. The number of aliphatic hydroxyl groups is 1. The van der Waals surface area contributed by atoms with Gasteiger partial charge >= 0.3 is 0 Å². The predicted molar refractivity (Wildman–Crippen MR) is 85.9 cm³/mol. The van der Waals surface area contributed by atoms with E-state index in [0.717, 1.165) is 24.2 Å². The summed E-state index contributed by atoms with van der Waals surface area (Å²) in [5, 5.41) is 13.1. The number of methoxy groups -OCH3 is 1. The third kappa shape index (κ3) is 3.52. The summed E-state index contributed by atoms with van der Waals surface area (Å²) in [6, 6.07) is 7.66. The summed E-state index contributed by atoms with van der Waals surface area (Å²) in [5.74, 6) is 1.32. The Balaban J connectivity index is 2.08. The zero-order valence-corrected chi connectivity index (χ0v) is 13.6. The molecule has 0 saturated heterocycles. The average Bonchev–Trinajstić information content (AvgIpc) is 3.26. The van der Waals surface area contributed by atoms with E-state index in [-0.39, 0.29) is 12.5 Å². The van der Waals surface area contributed by atoms with Gasteiger partial charge in [0, 0.05) is 17.9 Å². The van der Waals surface area contributed by atoms with Crippen LogP contribution in [0.5, 0.6) is 5.75 Å². The molecule has 4 nitrogen and oxygen atoms in total. The van der Waals surface area contributed by atoms with Crippen molar-refractivity contribution in [2.24, 2.45) is 0 Å². The smallest absolute Gasteiger partial charge is 0.230 e. The van der Waals surface area contributed by atoms with Crippen molar-refractivity contribution in [1.29, 1.82) is 0 Å². The van der Waals surface area contributed by atoms with Gasteiger partial charge in [0.2, 0.25) is 5.91 Å². The van der Waals surface area contributed by atoms with Gasteiger partial charge in [-0.25, -0.2) is 0 Å². The number of rotatable bonds is 7. The molecule has 2 N–H and O–H groups in total. The number of carbonyl (C=O) groups is 1. The molecule has 1 aromatic carbocycles. The van der Waals surface area contributed by atoms with Crippen LogP contribution in [0.25, 0.3) is 0 Å². The summed E-state index contributed by atoms with van der Waals surface area (Å²) >= 11 is 1.56. The standard InChI is InChI=1S/C16H23NO3S/c1-15(19,11-21-3)10-17-14(18)16(8-9-16)12-6-4-5-7-13(12)20-2/h4-7,19H,8-11H2,1-3H3,(H,17,18). The third-order valence-corrected chi connectivity index (χ3v) is 4.80. The van der Waals surface area contributed by atoms with Crippen LogP contribution in [-0.4, -0.2) is 42.3 Å². The molecule has 2 rings (SSSR count). The lowest BCUT2D eigenvalue weighted by Crippen LogP contribution is -2.45. The number of benzene rings is 1. The zero-order valence-electron chi connectivity index (χ0n) is 12.8. The van der Waals surface area contributed by atoms with E-state index >= 15 is 0 Å². The molecule has 1 aliphatic carbocycles. The van der Waals surface area contributed by atoms with Gasteiger partial charge in [-0.3, -0.25) is 4.79 Å². The van der Waals surface area contributed by atoms with E-state index in [9.17, 15) is 9.90 Å². The molecule has 1 aromatic rings. The average molecular weight is 309 g/mol. The summed E-state index contributed by atoms with van der Waals surface area (Å²) in [5.41, 5.74) is -0.428. The van der Waals surface area contributed by atoms with Crippen LogP contribution < -0.4 is 10.1 Å². The topological polar surface area (TPSA) is 58.6 Å². The van der Waals surface area contributed by atoms with Crippen molar-refractivity contribution in [3.8, 4) is 5.75 Å². The van der Waals surface area contributed by atoms with E-state index in [1.807, 2.05) is 30.5 Å². The van der Waals surface area contributed by atoms with E-state index in [2.05, 4.69) is 5.32 Å². The molecule has 1 amide bonds. The lowest BCUT2D eigenvalue weighted by atomic mass is 9.93. The fourth-order valence-electron chi connectivity index (χ4n) is 2.59. The van der Waals surface area contributed by atoms with Crippen LogP contribution in [0.4, 0.5) is 0 Å². The lowest BCUT2D eigenvalue weighted by molar-refractivity contribution is -0.124. The molecule has 0 heterocycles. The van der Waals surface area contributed by atoms with Crippen LogP contribution in [0, 0.1) is 0 Å². The number of thioether (sulfide) groups is 1. The van der Waals surface area contributed by atoms with E-state index in [4.69, 9.17) is 4.74 Å². The van der Waals surface area contributed by atoms with E-state index in [1.54, 1.807) is 25.8 Å². The highest BCUT2D eigenvalue weighted by atomic mass is 32.2. The largest absolute Gasteiger partial charge is 0.496 e. The van der Waals surface area contributed by atoms with Crippen molar-refractivity contribution in [2.75, 3.05) is 25.7 Å². The maximum Gasteiger partial charge on any atom is 0.230 e. The molecule has 1 atom stereocenters. The Morgan fingerprint density at radius 1 is 1.48 bits per heavy atom. The summed E-state index contributed by atoms with van der Waals surface area (Å²) in [6.45, 7) is 2.01. The minimum atomic E-state index is -0.883. The van der Waals surface area contributed by atoms with Crippen molar-refractivity contribution < 1.29 is 14.6 Å². The highest BCUT2D eigenvalue weighted by Crippen LogP contribution is 2.51. The molecule has 1 fully saturated rings. The van der Waals surface area contributed by atoms with Gasteiger partial charge in [-0.05, 0) is 32.1 Å². The SMILES string of the molecule is COc1ccccc1C1(C(=O)NCC(C)(O)CSC)CC1. The monoisotopic (exact) mass is 309 g/mol. The first-order chi connectivity index (χ1) is 9.95. The summed E-state index contributed by atoms with van der Waals surface area (Å²) in [7, 11) is 1.62. The molecular formula is C16H23NO3S. The molecule has 0 bridgehead atoms. The molecule has 5 heteroatoms. The van der Waals surface area contributed by atoms with Gasteiger partial charge in [-0.1, -0.05) is 18.2 Å². The zero-order chi connectivity index (χ0) is 15.5. The van der Waals surface area contributed by atoms with E-state index in [1.165, 1.54) is 0 Å². The molecule has 0 spiro atoms. The van der Waals surface area contributed by atoms with Crippen molar-refractivity contribution >= 4 is 17.7 Å². The quantitative estimate of drug-likeness (QED) is 0.808. The number of hydrogen-bond acceptors (Lipinski definition) is 4. The second-order valence-electron chi connectivity index (χ2n) is 5.90. The maximum atomic E-state index is 12.6. The fraction of sp³-hybridized carbons (Fsp3) is 0.562. The minimum Gasteiger partial charge on any atom is -0.496 e. The molecule has 1 aliphatic rings. The minimum absolute atomic E-state index is 0.0200. The van der Waals surface area contributed by atoms with Gasteiger partial charge in [0.1, 0.15) is 5.75 Å². The van der Waals surface area contributed by atoms with Crippen LogP contribution >= 0.6 is 11.8 Å². The van der Waals surface area contributed by atoms with Gasteiger partial charge in [0.05, 0.1) is 18.1 Å². The number of para-hydroxylation sites is 1. The highest BCUT2D eigenvalue weighted by molar-refractivity contribution is 7.98. The lowest BCUT2D eigenvalue weighted by Gasteiger charge is -2.25. The van der Waals surface area contributed by atoms with Crippen molar-refractivity contribution in [2.45, 2.75) is 30.8 Å². The fourth-order valence-corrected chi connectivity index (χ4v) is 3.31. The number of carbonyl (C=O) groups excluding carboxylic acids is 1. The number of amides is 1. The van der Waals surface area contributed by atoms with Gasteiger partial charge in [-0.15, -0.1) is 0 Å². The summed E-state index contributed by atoms with van der Waals surface area (Å²) < 4.78 is 5.37. The van der Waals surface area contributed by atoms with Crippen LogP contribution in [0.1, 0.15) is 25.3 Å². The molecule has 0 aliphatic heterocycles. The molecule has 1 unspecified atom stereocenters. The van der Waals surface area contributed by atoms with Crippen LogP contribution in [-0.2, 0) is 10.2 Å². The number of hydrogen-bond donors (Lipinski definition) is 2. The second kappa shape index (κ2) is 6.28. The molecule has 0 radical (unpaired) electrons. The van der Waals surface area contributed by atoms with Crippen molar-refractivity contribution in [3.05, 3.63) is 29.8 Å². The van der Waals surface area contributed by atoms with Gasteiger partial charge < -0.3 is 15.2 Å². The van der Waals surface area contributed by atoms with Crippen molar-refractivity contribution in [1.82, 2.24) is 5.32 Å². The van der Waals surface area contributed by atoms with Gasteiger partial charge in [0.15, 0.2) is 0 Å². The first kappa shape index (κ1) is 16.2. The molecule has 21 heavy (non-hydrogen) atoms. The Bertz CT molecular complexity index is 512. The Hall–Kier alpha value is -1.20. The Labute approximate surface area is 130 Å².